The van der Waals surface area contributed by atoms with E-state index in [0.717, 1.165) is 12.5 Å². The first kappa shape index (κ1) is 14.0. The summed E-state index contributed by atoms with van der Waals surface area (Å²) in [6, 6.07) is 0. The van der Waals surface area contributed by atoms with Crippen LogP contribution >= 0.6 is 0 Å². The highest BCUT2D eigenvalue weighted by molar-refractivity contribution is 4.86. The lowest BCUT2D eigenvalue weighted by Gasteiger charge is -2.31. The second-order valence-electron chi connectivity index (χ2n) is 7.28. The third-order valence-electron chi connectivity index (χ3n) is 3.80. The molecule has 1 rings (SSSR count). The fourth-order valence-electron chi connectivity index (χ4n) is 2.82. The zero-order chi connectivity index (χ0) is 12.4. The number of nitrogens with zero attached hydrogens (tertiary/aromatic N) is 1. The molecule has 1 atom stereocenters. The zero-order valence-corrected chi connectivity index (χ0v) is 12.1. The van der Waals surface area contributed by atoms with Crippen molar-refractivity contribution >= 4 is 0 Å². The van der Waals surface area contributed by atoms with Crippen molar-refractivity contribution in [1.29, 1.82) is 0 Å². The Morgan fingerprint density at radius 1 is 1.19 bits per heavy atom. The van der Waals surface area contributed by atoms with Crippen molar-refractivity contribution in [2.45, 2.75) is 41.0 Å². The molecule has 0 spiro atoms. The molecular formula is C14H30N2. The Morgan fingerprint density at radius 3 is 2.25 bits per heavy atom. The molecule has 0 amide bonds. The van der Waals surface area contributed by atoms with E-state index in [-0.39, 0.29) is 0 Å². The largest absolute Gasteiger partial charge is 0.319 e. The Balaban J connectivity index is 2.42. The number of likely N-dealkylation sites (tertiary alicyclic amines) is 1. The van der Waals surface area contributed by atoms with Gasteiger partial charge >= 0.3 is 0 Å². The van der Waals surface area contributed by atoms with Gasteiger partial charge in [-0.2, -0.15) is 0 Å². The van der Waals surface area contributed by atoms with Crippen LogP contribution in [0.2, 0.25) is 0 Å². The van der Waals surface area contributed by atoms with Gasteiger partial charge in [-0.15, -0.1) is 0 Å². The molecule has 0 saturated carbocycles. The lowest BCUT2D eigenvalue weighted by atomic mass is 9.80. The molecule has 2 heteroatoms. The Labute approximate surface area is 102 Å². The number of rotatable bonds is 4. The molecule has 1 unspecified atom stereocenters. The summed E-state index contributed by atoms with van der Waals surface area (Å²) in [6.07, 6.45) is 1.37. The Hall–Kier alpha value is -0.0800. The van der Waals surface area contributed by atoms with Gasteiger partial charge in [0.2, 0.25) is 0 Å². The summed E-state index contributed by atoms with van der Waals surface area (Å²) < 4.78 is 0. The summed E-state index contributed by atoms with van der Waals surface area (Å²) in [5.41, 5.74) is 0.865. The first-order valence-corrected chi connectivity index (χ1v) is 6.61. The maximum atomic E-state index is 3.30. The average molecular weight is 226 g/mol. The lowest BCUT2D eigenvalue weighted by Crippen LogP contribution is -2.39. The van der Waals surface area contributed by atoms with Crippen molar-refractivity contribution in [2.75, 3.05) is 33.2 Å². The highest BCUT2D eigenvalue weighted by Crippen LogP contribution is 2.34. The molecule has 96 valence electrons. The minimum absolute atomic E-state index is 0.390. The van der Waals surface area contributed by atoms with Crippen molar-refractivity contribution in [3.05, 3.63) is 0 Å². The van der Waals surface area contributed by atoms with E-state index in [0.29, 0.717) is 10.8 Å². The average Bonchev–Trinajstić information content (AvgIpc) is 2.50. The number of nitrogens with one attached hydrogen (secondary N) is 1. The van der Waals surface area contributed by atoms with Gasteiger partial charge in [-0.1, -0.05) is 34.6 Å². The second-order valence-corrected chi connectivity index (χ2v) is 7.28. The predicted molar refractivity (Wildman–Crippen MR) is 71.7 cm³/mol. The van der Waals surface area contributed by atoms with Crippen LogP contribution in [0.1, 0.15) is 41.0 Å². The predicted octanol–water partition coefficient (Wildman–Crippen LogP) is 2.60. The van der Waals surface area contributed by atoms with E-state index >= 15 is 0 Å². The Kier molecular flexibility index (Phi) is 4.42. The van der Waals surface area contributed by atoms with Crippen molar-refractivity contribution in [3.8, 4) is 0 Å². The molecule has 16 heavy (non-hydrogen) atoms. The highest BCUT2D eigenvalue weighted by atomic mass is 15.2. The topological polar surface area (TPSA) is 15.3 Å². The van der Waals surface area contributed by atoms with Crippen LogP contribution in [0.3, 0.4) is 0 Å². The van der Waals surface area contributed by atoms with Crippen molar-refractivity contribution < 1.29 is 0 Å². The fraction of sp³-hybridized carbons (Fsp3) is 1.00. The van der Waals surface area contributed by atoms with Crippen LogP contribution in [-0.4, -0.2) is 38.1 Å². The van der Waals surface area contributed by atoms with Crippen LogP contribution in [0, 0.1) is 16.7 Å². The summed E-state index contributed by atoms with van der Waals surface area (Å²) in [5.74, 6) is 0.873. The molecule has 0 aromatic carbocycles. The van der Waals surface area contributed by atoms with Crippen LogP contribution in [0.25, 0.3) is 0 Å². The maximum absolute atomic E-state index is 3.30. The van der Waals surface area contributed by atoms with Gasteiger partial charge in [-0.3, -0.25) is 0 Å². The van der Waals surface area contributed by atoms with Crippen LogP contribution in [0.15, 0.2) is 0 Å². The van der Waals surface area contributed by atoms with Crippen LogP contribution in [0.4, 0.5) is 0 Å². The van der Waals surface area contributed by atoms with Gasteiger partial charge in [0, 0.05) is 19.6 Å². The molecule has 0 radical (unpaired) electrons. The number of hydrogen-bond donors (Lipinski definition) is 1. The molecule has 0 aromatic heterocycles. The van der Waals surface area contributed by atoms with Crippen molar-refractivity contribution in [1.82, 2.24) is 10.2 Å². The van der Waals surface area contributed by atoms with E-state index in [1.54, 1.807) is 0 Å². The molecule has 0 bridgehead atoms. The fourth-order valence-corrected chi connectivity index (χ4v) is 2.82. The van der Waals surface area contributed by atoms with E-state index in [4.69, 9.17) is 0 Å². The van der Waals surface area contributed by atoms with E-state index in [1.807, 2.05) is 7.05 Å². The smallest absolute Gasteiger partial charge is 0.00449 e. The van der Waals surface area contributed by atoms with E-state index < -0.39 is 0 Å². The normalized spacial score (nSPS) is 24.0. The molecule has 1 saturated heterocycles. The van der Waals surface area contributed by atoms with Gasteiger partial charge in [0.1, 0.15) is 0 Å². The minimum atomic E-state index is 0.390. The van der Waals surface area contributed by atoms with Gasteiger partial charge in [0.25, 0.3) is 0 Å². The Bertz CT molecular complexity index is 215. The van der Waals surface area contributed by atoms with E-state index in [9.17, 15) is 0 Å². The molecule has 1 fully saturated rings. The van der Waals surface area contributed by atoms with Gasteiger partial charge in [0.05, 0.1) is 0 Å². The van der Waals surface area contributed by atoms with Crippen LogP contribution in [-0.2, 0) is 0 Å². The number of hydrogen-bond acceptors (Lipinski definition) is 2. The van der Waals surface area contributed by atoms with Crippen molar-refractivity contribution in [3.63, 3.8) is 0 Å². The third kappa shape index (κ3) is 4.06. The van der Waals surface area contributed by atoms with E-state index in [2.05, 4.69) is 44.8 Å². The quantitative estimate of drug-likeness (QED) is 0.793. The molecule has 0 aliphatic carbocycles. The second kappa shape index (κ2) is 5.05. The molecule has 0 aromatic rings. The van der Waals surface area contributed by atoms with Crippen LogP contribution in [0.5, 0.6) is 0 Å². The first-order chi connectivity index (χ1) is 7.24. The van der Waals surface area contributed by atoms with Gasteiger partial charge < -0.3 is 10.2 Å². The minimum Gasteiger partial charge on any atom is -0.319 e. The summed E-state index contributed by atoms with van der Waals surface area (Å²) in [4.78, 5) is 2.65. The van der Waals surface area contributed by atoms with Gasteiger partial charge in [-0.05, 0) is 36.8 Å². The molecule has 1 N–H and O–H groups in total. The molecular weight excluding hydrogens is 196 g/mol. The van der Waals surface area contributed by atoms with E-state index in [1.165, 1.54) is 26.1 Å². The third-order valence-corrected chi connectivity index (χ3v) is 3.80. The van der Waals surface area contributed by atoms with Crippen molar-refractivity contribution in [2.24, 2.45) is 16.7 Å². The first-order valence-electron chi connectivity index (χ1n) is 6.61. The zero-order valence-electron chi connectivity index (χ0n) is 12.1. The molecule has 1 aliphatic heterocycles. The monoisotopic (exact) mass is 226 g/mol. The van der Waals surface area contributed by atoms with Gasteiger partial charge in [0.15, 0.2) is 0 Å². The molecule has 1 heterocycles. The summed E-state index contributed by atoms with van der Waals surface area (Å²) in [7, 11) is 2.05. The maximum Gasteiger partial charge on any atom is 0.00449 e. The Morgan fingerprint density at radius 2 is 1.81 bits per heavy atom. The summed E-state index contributed by atoms with van der Waals surface area (Å²) >= 11 is 0. The SMILES string of the molecule is CNCC(C)(C)CN1CCC(C(C)(C)C)C1. The molecule has 2 nitrogen and oxygen atoms in total. The molecule has 1 aliphatic rings. The van der Waals surface area contributed by atoms with Crippen LogP contribution < -0.4 is 5.32 Å². The lowest BCUT2D eigenvalue weighted by molar-refractivity contribution is 0.179. The standard InChI is InChI=1S/C14H30N2/c1-13(2,3)12-7-8-16(9-12)11-14(4,5)10-15-6/h12,15H,7-11H2,1-6H3. The van der Waals surface area contributed by atoms with Gasteiger partial charge in [-0.25, -0.2) is 0 Å². The highest BCUT2D eigenvalue weighted by Gasteiger charge is 2.33. The summed E-state index contributed by atoms with van der Waals surface area (Å²) in [6.45, 7) is 16.7. The summed E-state index contributed by atoms with van der Waals surface area (Å²) in [5, 5.41) is 3.30.